The normalized spacial score (nSPS) is 17.3. The van der Waals surface area contributed by atoms with E-state index in [1.54, 1.807) is 42.7 Å². The first-order valence-corrected chi connectivity index (χ1v) is 7.92. The van der Waals surface area contributed by atoms with Gasteiger partial charge in [-0.05, 0) is 49.2 Å². The molecule has 0 radical (unpaired) electrons. The Morgan fingerprint density at radius 3 is 2.78 bits per heavy atom. The molecule has 2 heterocycles. The summed E-state index contributed by atoms with van der Waals surface area (Å²) in [6.07, 6.45) is 4.24. The topological polar surface area (TPSA) is 68.5 Å². The number of carbonyl (C=O) groups excluding carboxylic acids is 1. The SMILES string of the molecule is NCC1CCN(C(=O)c2ccc(Oc3ccncc3)c(Cl)c2)C1. The van der Waals surface area contributed by atoms with Gasteiger partial charge in [0.15, 0.2) is 0 Å². The fraction of sp³-hybridized carbons (Fsp3) is 0.294. The van der Waals surface area contributed by atoms with E-state index < -0.39 is 0 Å². The summed E-state index contributed by atoms with van der Waals surface area (Å²) in [6, 6.07) is 8.59. The van der Waals surface area contributed by atoms with Gasteiger partial charge in [-0.3, -0.25) is 9.78 Å². The van der Waals surface area contributed by atoms with Crippen molar-refractivity contribution >= 4 is 17.5 Å². The van der Waals surface area contributed by atoms with Gasteiger partial charge in [-0.1, -0.05) is 11.6 Å². The molecule has 1 amide bonds. The molecule has 0 saturated carbocycles. The molecule has 1 atom stereocenters. The Kier molecular flexibility index (Phi) is 4.79. The average Bonchev–Trinajstić information content (AvgIpc) is 3.06. The molecular formula is C17H18ClN3O2. The molecule has 1 saturated heterocycles. The zero-order valence-corrected chi connectivity index (χ0v) is 13.4. The van der Waals surface area contributed by atoms with Crippen molar-refractivity contribution in [2.24, 2.45) is 11.7 Å². The van der Waals surface area contributed by atoms with Crippen LogP contribution in [0.1, 0.15) is 16.8 Å². The highest BCUT2D eigenvalue weighted by atomic mass is 35.5. The van der Waals surface area contributed by atoms with E-state index >= 15 is 0 Å². The van der Waals surface area contributed by atoms with Gasteiger partial charge in [0.2, 0.25) is 0 Å². The number of rotatable bonds is 4. The zero-order valence-electron chi connectivity index (χ0n) is 12.6. The van der Waals surface area contributed by atoms with Crippen LogP contribution in [-0.4, -0.2) is 35.4 Å². The molecule has 2 N–H and O–H groups in total. The predicted octanol–water partition coefficient (Wildman–Crippen LogP) is 2.95. The second kappa shape index (κ2) is 6.98. The summed E-state index contributed by atoms with van der Waals surface area (Å²) in [5.74, 6) is 1.53. The van der Waals surface area contributed by atoms with Gasteiger partial charge >= 0.3 is 0 Å². The van der Waals surface area contributed by atoms with E-state index in [1.165, 1.54) is 0 Å². The Balaban J connectivity index is 1.73. The van der Waals surface area contributed by atoms with E-state index in [4.69, 9.17) is 22.1 Å². The lowest BCUT2D eigenvalue weighted by Gasteiger charge is -2.17. The molecule has 0 spiro atoms. The number of nitrogens with two attached hydrogens (primary N) is 1. The van der Waals surface area contributed by atoms with Crippen LogP contribution in [0.15, 0.2) is 42.7 Å². The van der Waals surface area contributed by atoms with Crippen LogP contribution in [0.5, 0.6) is 11.5 Å². The standard InChI is InChI=1S/C17H18ClN3O2/c18-15-9-13(17(22)21-8-5-12(10-19)11-21)1-2-16(15)23-14-3-6-20-7-4-14/h1-4,6-7,9,12H,5,8,10-11,19H2. The minimum Gasteiger partial charge on any atom is -0.456 e. The summed E-state index contributed by atoms with van der Waals surface area (Å²) in [6.45, 7) is 2.07. The minimum atomic E-state index is -0.0155. The predicted molar refractivity (Wildman–Crippen MR) is 88.8 cm³/mol. The average molecular weight is 332 g/mol. The Bertz CT molecular complexity index is 693. The van der Waals surface area contributed by atoms with Crippen molar-refractivity contribution in [3.8, 4) is 11.5 Å². The van der Waals surface area contributed by atoms with Gasteiger partial charge in [-0.25, -0.2) is 0 Å². The molecule has 5 nitrogen and oxygen atoms in total. The van der Waals surface area contributed by atoms with Crippen LogP contribution in [0.3, 0.4) is 0 Å². The number of hydrogen-bond acceptors (Lipinski definition) is 4. The van der Waals surface area contributed by atoms with Crippen molar-refractivity contribution in [3.05, 3.63) is 53.3 Å². The van der Waals surface area contributed by atoms with Crippen molar-refractivity contribution < 1.29 is 9.53 Å². The highest BCUT2D eigenvalue weighted by molar-refractivity contribution is 6.32. The van der Waals surface area contributed by atoms with Crippen LogP contribution < -0.4 is 10.5 Å². The number of amides is 1. The third kappa shape index (κ3) is 3.63. The Labute approximate surface area is 140 Å². The molecule has 3 rings (SSSR count). The maximum absolute atomic E-state index is 12.5. The molecule has 2 aromatic rings. The van der Waals surface area contributed by atoms with Gasteiger partial charge in [0, 0.05) is 31.0 Å². The maximum Gasteiger partial charge on any atom is 0.253 e. The molecule has 1 unspecified atom stereocenters. The van der Waals surface area contributed by atoms with Gasteiger partial charge in [0.25, 0.3) is 5.91 Å². The van der Waals surface area contributed by atoms with E-state index in [9.17, 15) is 4.79 Å². The molecule has 120 valence electrons. The zero-order chi connectivity index (χ0) is 16.2. The van der Waals surface area contributed by atoms with E-state index in [0.717, 1.165) is 13.0 Å². The number of benzene rings is 1. The second-order valence-electron chi connectivity index (χ2n) is 5.57. The lowest BCUT2D eigenvalue weighted by molar-refractivity contribution is 0.0787. The van der Waals surface area contributed by atoms with Crippen LogP contribution >= 0.6 is 11.6 Å². The molecule has 0 bridgehead atoms. The van der Waals surface area contributed by atoms with Gasteiger partial charge < -0.3 is 15.4 Å². The highest BCUT2D eigenvalue weighted by Crippen LogP contribution is 2.30. The monoisotopic (exact) mass is 331 g/mol. The van der Waals surface area contributed by atoms with Crippen LogP contribution in [-0.2, 0) is 0 Å². The number of pyridine rings is 1. The van der Waals surface area contributed by atoms with Gasteiger partial charge in [-0.2, -0.15) is 0 Å². The number of aromatic nitrogens is 1. The van der Waals surface area contributed by atoms with Crippen LogP contribution in [0.4, 0.5) is 0 Å². The van der Waals surface area contributed by atoms with Crippen LogP contribution in [0.25, 0.3) is 0 Å². The Morgan fingerprint density at radius 2 is 2.13 bits per heavy atom. The third-order valence-corrected chi connectivity index (χ3v) is 4.26. The molecule has 1 aliphatic rings. The van der Waals surface area contributed by atoms with Crippen molar-refractivity contribution in [1.82, 2.24) is 9.88 Å². The largest absolute Gasteiger partial charge is 0.456 e. The Hall–Kier alpha value is -2.11. The van der Waals surface area contributed by atoms with Crippen molar-refractivity contribution in [3.63, 3.8) is 0 Å². The summed E-state index contributed by atoms with van der Waals surface area (Å²) in [7, 11) is 0. The van der Waals surface area contributed by atoms with E-state index in [0.29, 0.717) is 41.1 Å². The van der Waals surface area contributed by atoms with E-state index in [1.807, 2.05) is 4.90 Å². The van der Waals surface area contributed by atoms with Crippen LogP contribution in [0, 0.1) is 5.92 Å². The molecule has 6 heteroatoms. The molecule has 1 fully saturated rings. The highest BCUT2D eigenvalue weighted by Gasteiger charge is 2.26. The fourth-order valence-electron chi connectivity index (χ4n) is 2.64. The minimum absolute atomic E-state index is 0.0155. The molecule has 23 heavy (non-hydrogen) atoms. The number of ether oxygens (including phenoxy) is 1. The summed E-state index contributed by atoms with van der Waals surface area (Å²) in [5, 5.41) is 0.405. The molecular weight excluding hydrogens is 314 g/mol. The van der Waals surface area contributed by atoms with Gasteiger partial charge in [0.05, 0.1) is 5.02 Å². The van der Waals surface area contributed by atoms with Gasteiger partial charge in [0.1, 0.15) is 11.5 Å². The first-order valence-electron chi connectivity index (χ1n) is 7.54. The number of hydrogen-bond donors (Lipinski definition) is 1. The van der Waals surface area contributed by atoms with Crippen LogP contribution in [0.2, 0.25) is 5.02 Å². The fourth-order valence-corrected chi connectivity index (χ4v) is 2.86. The number of likely N-dealkylation sites (tertiary alicyclic amines) is 1. The summed E-state index contributed by atoms with van der Waals surface area (Å²) in [5.41, 5.74) is 6.24. The van der Waals surface area contributed by atoms with Gasteiger partial charge in [-0.15, -0.1) is 0 Å². The van der Waals surface area contributed by atoms with Crippen molar-refractivity contribution in [1.29, 1.82) is 0 Å². The second-order valence-corrected chi connectivity index (χ2v) is 5.98. The smallest absolute Gasteiger partial charge is 0.253 e. The van der Waals surface area contributed by atoms with E-state index in [-0.39, 0.29) is 5.91 Å². The number of nitrogens with zero attached hydrogens (tertiary/aromatic N) is 2. The Morgan fingerprint density at radius 1 is 1.35 bits per heavy atom. The first-order chi connectivity index (χ1) is 11.2. The number of carbonyl (C=O) groups is 1. The molecule has 1 aromatic heterocycles. The molecule has 0 aliphatic carbocycles. The first kappa shape index (κ1) is 15.8. The summed E-state index contributed by atoms with van der Waals surface area (Å²) in [4.78, 5) is 18.3. The molecule has 1 aliphatic heterocycles. The third-order valence-electron chi connectivity index (χ3n) is 3.96. The quantitative estimate of drug-likeness (QED) is 0.935. The van der Waals surface area contributed by atoms with Crippen molar-refractivity contribution in [2.45, 2.75) is 6.42 Å². The lowest BCUT2D eigenvalue weighted by atomic mass is 10.1. The summed E-state index contributed by atoms with van der Waals surface area (Å²) >= 11 is 6.25. The lowest BCUT2D eigenvalue weighted by Crippen LogP contribution is -2.29. The maximum atomic E-state index is 12.5. The molecule has 1 aromatic carbocycles. The van der Waals surface area contributed by atoms with E-state index in [2.05, 4.69) is 4.98 Å². The summed E-state index contributed by atoms with van der Waals surface area (Å²) < 4.78 is 5.69. The number of halogens is 1. The van der Waals surface area contributed by atoms with Crippen molar-refractivity contribution in [2.75, 3.05) is 19.6 Å².